The topological polar surface area (TPSA) is 12.9 Å². The minimum absolute atomic E-state index is 0.110. The molecule has 0 saturated carbocycles. The quantitative estimate of drug-likeness (QED) is 0.621. The molecule has 0 aliphatic carbocycles. The third kappa shape index (κ3) is 3.84. The number of aromatic nitrogens is 1. The van der Waals surface area contributed by atoms with E-state index >= 15 is 0 Å². The Labute approximate surface area is 138 Å². The molecular formula is C16H19BrClNS. The third-order valence-corrected chi connectivity index (χ3v) is 5.24. The van der Waals surface area contributed by atoms with Crippen molar-refractivity contribution >= 4 is 38.9 Å². The van der Waals surface area contributed by atoms with Crippen molar-refractivity contribution in [1.82, 2.24) is 4.98 Å². The largest absolute Gasteiger partial charge is 0.246 e. The summed E-state index contributed by atoms with van der Waals surface area (Å²) in [6.45, 7) is 6.58. The molecule has 1 heterocycles. The molecule has 0 N–H and O–H groups in total. The van der Waals surface area contributed by atoms with Gasteiger partial charge in [-0.1, -0.05) is 54.9 Å². The Hall–Kier alpha value is -0.380. The Balaban J connectivity index is 2.19. The first-order chi connectivity index (χ1) is 9.41. The van der Waals surface area contributed by atoms with Crippen LogP contribution in [0.4, 0.5) is 0 Å². The average Bonchev–Trinajstić information content (AvgIpc) is 2.85. The molecule has 0 bridgehead atoms. The molecule has 1 nitrogen and oxygen atoms in total. The van der Waals surface area contributed by atoms with Crippen LogP contribution in [0.5, 0.6) is 0 Å². The van der Waals surface area contributed by atoms with Crippen molar-refractivity contribution in [2.75, 3.05) is 5.88 Å². The van der Waals surface area contributed by atoms with Crippen molar-refractivity contribution in [3.8, 4) is 0 Å². The number of alkyl halides is 1. The molecule has 1 atom stereocenters. The zero-order valence-corrected chi connectivity index (χ0v) is 15.1. The molecule has 0 fully saturated rings. The summed E-state index contributed by atoms with van der Waals surface area (Å²) < 4.78 is 1.12. The van der Waals surface area contributed by atoms with Crippen molar-refractivity contribution in [2.45, 2.75) is 38.5 Å². The molecule has 1 aromatic heterocycles. The number of rotatable bonds is 4. The maximum absolute atomic E-state index is 6.18. The zero-order chi connectivity index (χ0) is 14.8. The fourth-order valence-electron chi connectivity index (χ4n) is 2.01. The van der Waals surface area contributed by atoms with E-state index in [-0.39, 0.29) is 5.41 Å². The molecule has 0 saturated heterocycles. The summed E-state index contributed by atoms with van der Waals surface area (Å²) in [5, 5.41) is 3.33. The first-order valence-corrected chi connectivity index (χ1v) is 8.88. The molecule has 0 radical (unpaired) electrons. The zero-order valence-electron chi connectivity index (χ0n) is 12.0. The molecule has 0 amide bonds. The van der Waals surface area contributed by atoms with E-state index in [1.165, 1.54) is 5.56 Å². The molecule has 20 heavy (non-hydrogen) atoms. The minimum Gasteiger partial charge on any atom is -0.246 e. The lowest BCUT2D eigenvalue weighted by Gasteiger charge is -2.16. The Kier molecular flexibility index (Phi) is 5.27. The van der Waals surface area contributed by atoms with Crippen LogP contribution in [0, 0.1) is 0 Å². The SMILES string of the molecule is CC(C)(C)c1csc(CC(CCl)c2ccccc2Br)n1. The van der Waals surface area contributed by atoms with Gasteiger partial charge in [-0.3, -0.25) is 0 Å². The van der Waals surface area contributed by atoms with Gasteiger partial charge in [0.25, 0.3) is 0 Å². The molecule has 0 spiro atoms. The minimum atomic E-state index is 0.110. The van der Waals surface area contributed by atoms with Gasteiger partial charge in [0.2, 0.25) is 0 Å². The lowest BCUT2D eigenvalue weighted by Crippen LogP contribution is -2.12. The van der Waals surface area contributed by atoms with Crippen LogP contribution in [-0.4, -0.2) is 10.9 Å². The highest BCUT2D eigenvalue weighted by molar-refractivity contribution is 9.10. The van der Waals surface area contributed by atoms with Gasteiger partial charge >= 0.3 is 0 Å². The lowest BCUT2D eigenvalue weighted by atomic mass is 9.93. The average molecular weight is 373 g/mol. The van der Waals surface area contributed by atoms with Crippen LogP contribution < -0.4 is 0 Å². The van der Waals surface area contributed by atoms with Crippen LogP contribution in [0.25, 0.3) is 0 Å². The first kappa shape index (κ1) is 16.0. The Morgan fingerprint density at radius 3 is 2.55 bits per heavy atom. The van der Waals surface area contributed by atoms with Crippen LogP contribution in [-0.2, 0) is 11.8 Å². The maximum atomic E-state index is 6.18. The molecule has 1 aromatic carbocycles. The Morgan fingerprint density at radius 1 is 1.30 bits per heavy atom. The molecule has 2 rings (SSSR count). The highest BCUT2D eigenvalue weighted by Gasteiger charge is 2.20. The highest BCUT2D eigenvalue weighted by Crippen LogP contribution is 2.31. The number of hydrogen-bond donors (Lipinski definition) is 0. The van der Waals surface area contributed by atoms with Crippen LogP contribution in [0.1, 0.15) is 43.0 Å². The summed E-state index contributed by atoms with van der Waals surface area (Å²) in [6, 6.07) is 8.29. The van der Waals surface area contributed by atoms with Crippen molar-refractivity contribution in [3.63, 3.8) is 0 Å². The van der Waals surface area contributed by atoms with Crippen LogP contribution >= 0.6 is 38.9 Å². The van der Waals surface area contributed by atoms with Gasteiger partial charge in [-0.25, -0.2) is 4.98 Å². The number of benzene rings is 1. The van der Waals surface area contributed by atoms with Gasteiger partial charge in [0.15, 0.2) is 0 Å². The van der Waals surface area contributed by atoms with E-state index in [0.29, 0.717) is 11.8 Å². The van der Waals surface area contributed by atoms with Gasteiger partial charge in [0.05, 0.1) is 10.7 Å². The van der Waals surface area contributed by atoms with Crippen molar-refractivity contribution in [3.05, 3.63) is 50.4 Å². The van der Waals surface area contributed by atoms with Gasteiger partial charge in [0, 0.05) is 33.5 Å². The summed E-state index contributed by atoms with van der Waals surface area (Å²) in [7, 11) is 0. The molecule has 4 heteroatoms. The monoisotopic (exact) mass is 371 g/mol. The van der Waals surface area contributed by atoms with Crippen LogP contribution in [0.3, 0.4) is 0 Å². The first-order valence-electron chi connectivity index (χ1n) is 6.67. The van der Waals surface area contributed by atoms with Crippen molar-refractivity contribution in [1.29, 1.82) is 0 Å². The molecule has 0 aliphatic rings. The van der Waals surface area contributed by atoms with E-state index < -0.39 is 0 Å². The van der Waals surface area contributed by atoms with E-state index in [1.54, 1.807) is 11.3 Å². The second kappa shape index (κ2) is 6.59. The van der Waals surface area contributed by atoms with Gasteiger partial charge in [-0.15, -0.1) is 22.9 Å². The Bertz CT molecular complexity index is 574. The van der Waals surface area contributed by atoms with Crippen LogP contribution in [0.2, 0.25) is 0 Å². The van der Waals surface area contributed by atoms with Gasteiger partial charge in [-0.2, -0.15) is 0 Å². The highest BCUT2D eigenvalue weighted by atomic mass is 79.9. The summed E-state index contributed by atoms with van der Waals surface area (Å²) in [5.74, 6) is 0.902. The summed E-state index contributed by atoms with van der Waals surface area (Å²) >= 11 is 11.5. The number of thiazole rings is 1. The van der Waals surface area contributed by atoms with Crippen LogP contribution in [0.15, 0.2) is 34.1 Å². The fourth-order valence-corrected chi connectivity index (χ4v) is 4.00. The van der Waals surface area contributed by atoms with E-state index in [0.717, 1.165) is 21.6 Å². The van der Waals surface area contributed by atoms with E-state index in [2.05, 4.69) is 60.3 Å². The molecule has 2 aromatic rings. The predicted octanol–water partition coefficient (Wildman–Crippen LogP) is 5.77. The second-order valence-electron chi connectivity index (χ2n) is 5.95. The van der Waals surface area contributed by atoms with Gasteiger partial charge in [-0.05, 0) is 11.6 Å². The predicted molar refractivity (Wildman–Crippen MR) is 92.1 cm³/mol. The summed E-state index contributed by atoms with van der Waals surface area (Å²) in [4.78, 5) is 4.77. The van der Waals surface area contributed by atoms with Gasteiger partial charge < -0.3 is 0 Å². The number of nitrogens with zero attached hydrogens (tertiary/aromatic N) is 1. The van der Waals surface area contributed by atoms with Gasteiger partial charge in [0.1, 0.15) is 0 Å². The van der Waals surface area contributed by atoms with Crippen molar-refractivity contribution < 1.29 is 0 Å². The second-order valence-corrected chi connectivity index (χ2v) is 8.06. The number of halogens is 2. The Morgan fingerprint density at radius 2 is 2.00 bits per heavy atom. The summed E-state index contributed by atoms with van der Waals surface area (Å²) in [6.07, 6.45) is 0.896. The molecule has 108 valence electrons. The molecule has 1 unspecified atom stereocenters. The standard InChI is InChI=1S/C16H19BrClNS/c1-16(2,3)14-10-20-15(19-14)8-11(9-18)12-6-4-5-7-13(12)17/h4-7,10-11H,8-9H2,1-3H3. The third-order valence-electron chi connectivity index (χ3n) is 3.27. The smallest absolute Gasteiger partial charge is 0.0935 e. The normalized spacial score (nSPS) is 13.4. The van der Waals surface area contributed by atoms with E-state index in [4.69, 9.17) is 16.6 Å². The summed E-state index contributed by atoms with van der Waals surface area (Å²) in [5.41, 5.74) is 2.53. The number of hydrogen-bond acceptors (Lipinski definition) is 2. The fraction of sp³-hybridized carbons (Fsp3) is 0.438. The lowest BCUT2D eigenvalue weighted by molar-refractivity contribution is 0.569. The molecular weight excluding hydrogens is 354 g/mol. The van der Waals surface area contributed by atoms with E-state index in [9.17, 15) is 0 Å². The van der Waals surface area contributed by atoms with E-state index in [1.807, 2.05) is 6.07 Å². The molecule has 0 aliphatic heterocycles. The maximum Gasteiger partial charge on any atom is 0.0935 e. The van der Waals surface area contributed by atoms with Crippen molar-refractivity contribution in [2.24, 2.45) is 0 Å².